The van der Waals surface area contributed by atoms with Crippen LogP contribution in [0.4, 0.5) is 0 Å². The summed E-state index contributed by atoms with van der Waals surface area (Å²) in [6.07, 6.45) is 22.5. The van der Waals surface area contributed by atoms with Crippen molar-refractivity contribution >= 4 is 8.32 Å². The number of aliphatic hydroxyl groups is 1. The molecule has 2 aliphatic rings. The summed E-state index contributed by atoms with van der Waals surface area (Å²) in [6, 6.07) is 0. The van der Waals surface area contributed by atoms with E-state index in [1.54, 1.807) is 0 Å². The Balaban J connectivity index is 0. The molecule has 2 saturated carbocycles. The third kappa shape index (κ3) is 16.3. The minimum Gasteiger partial charge on any atom is -0.547 e. The molecule has 4 heteroatoms. The van der Waals surface area contributed by atoms with Crippen LogP contribution in [0.25, 0.3) is 0 Å². The summed E-state index contributed by atoms with van der Waals surface area (Å²) >= 11 is 0. The van der Waals surface area contributed by atoms with Crippen LogP contribution in [0.1, 0.15) is 27.2 Å². The molecule has 25 heavy (non-hydrogen) atoms. The summed E-state index contributed by atoms with van der Waals surface area (Å²) in [7, 11) is -1.54. The van der Waals surface area contributed by atoms with Gasteiger partial charge in [-0.1, -0.05) is 19.9 Å². The van der Waals surface area contributed by atoms with Gasteiger partial charge in [0.05, 0.1) is 11.9 Å². The average molecular weight is 394 g/mol. The molecule has 2 aliphatic carbocycles. The fourth-order valence-electron chi connectivity index (χ4n) is 1.95. The van der Waals surface area contributed by atoms with Crippen LogP contribution in [0.15, 0.2) is 11.8 Å². The van der Waals surface area contributed by atoms with Crippen molar-refractivity contribution in [1.82, 2.24) is 0 Å². The SMILES string of the molecule is C/C=C(\O[Si](C)(C)C)[C@@H](C)[C@@H](O)CC.[CH]1[CH][CH][CH][CH]1.[CH]1[CH][CH][CH][CH]1.[Ti+2]. The summed E-state index contributed by atoms with van der Waals surface area (Å²) in [6.45, 7) is 12.4. The Bertz CT molecular complexity index is 293. The molecule has 0 heterocycles. The van der Waals surface area contributed by atoms with Gasteiger partial charge < -0.3 is 9.53 Å². The van der Waals surface area contributed by atoms with Crippen molar-refractivity contribution in [1.29, 1.82) is 0 Å². The van der Waals surface area contributed by atoms with Gasteiger partial charge in [0.1, 0.15) is 0 Å². The van der Waals surface area contributed by atoms with Gasteiger partial charge in [-0.05, 0) is 97.2 Å². The van der Waals surface area contributed by atoms with E-state index < -0.39 is 8.32 Å². The van der Waals surface area contributed by atoms with E-state index >= 15 is 0 Å². The molecule has 2 atom stereocenters. The van der Waals surface area contributed by atoms with Crippen LogP contribution in [-0.2, 0) is 26.1 Å². The molecule has 136 valence electrons. The first-order valence-corrected chi connectivity index (χ1v) is 12.1. The summed E-state index contributed by atoms with van der Waals surface area (Å²) < 4.78 is 5.91. The van der Waals surface area contributed by atoms with E-state index in [1.807, 2.05) is 91.1 Å². The van der Waals surface area contributed by atoms with Gasteiger partial charge in [-0.25, -0.2) is 0 Å². The first kappa shape index (κ1) is 27.6. The zero-order valence-electron chi connectivity index (χ0n) is 16.6. The molecule has 1 N–H and O–H groups in total. The Morgan fingerprint density at radius 2 is 1.24 bits per heavy atom. The molecule has 0 aromatic carbocycles. The molecule has 0 unspecified atom stereocenters. The number of hydrogen-bond acceptors (Lipinski definition) is 2. The van der Waals surface area contributed by atoms with E-state index in [4.69, 9.17) is 4.43 Å². The Morgan fingerprint density at radius 3 is 1.44 bits per heavy atom. The van der Waals surface area contributed by atoms with Crippen molar-refractivity contribution in [2.75, 3.05) is 0 Å². The van der Waals surface area contributed by atoms with Gasteiger partial charge >= 0.3 is 21.7 Å². The van der Waals surface area contributed by atoms with Crippen LogP contribution in [0, 0.1) is 70.1 Å². The summed E-state index contributed by atoms with van der Waals surface area (Å²) in [5.41, 5.74) is 0. The summed E-state index contributed by atoms with van der Waals surface area (Å²) in [5.74, 6) is 1.05. The van der Waals surface area contributed by atoms with Gasteiger partial charge in [0.2, 0.25) is 8.32 Å². The molecule has 0 amide bonds. The molecule has 0 bridgehead atoms. The molecule has 0 aromatic rings. The quantitative estimate of drug-likeness (QED) is 0.514. The molecule has 0 aromatic heterocycles. The fourth-order valence-corrected chi connectivity index (χ4v) is 2.96. The maximum Gasteiger partial charge on any atom is 2.00 e. The second kappa shape index (κ2) is 16.6. The van der Waals surface area contributed by atoms with Gasteiger partial charge in [-0.2, -0.15) is 0 Å². The van der Waals surface area contributed by atoms with E-state index in [-0.39, 0.29) is 33.7 Å². The molecular formula is C21H34O2SiTi+2. The number of hydrogen-bond donors (Lipinski definition) is 1. The minimum absolute atomic E-state index is 0. The molecule has 0 spiro atoms. The number of allylic oxidation sites excluding steroid dienone is 1. The minimum atomic E-state index is -1.54. The van der Waals surface area contributed by atoms with E-state index in [0.29, 0.717) is 0 Å². The molecule has 2 rings (SSSR count). The van der Waals surface area contributed by atoms with Crippen LogP contribution < -0.4 is 0 Å². The van der Waals surface area contributed by atoms with Crippen molar-refractivity contribution in [2.45, 2.75) is 52.9 Å². The zero-order chi connectivity index (χ0) is 18.4. The normalized spacial score (nSPS) is 19.6. The number of aliphatic hydroxyl groups excluding tert-OH is 1. The molecule has 10 radical (unpaired) electrons. The van der Waals surface area contributed by atoms with Crippen molar-refractivity contribution in [3.05, 3.63) is 76.0 Å². The van der Waals surface area contributed by atoms with E-state index in [1.165, 1.54) is 0 Å². The van der Waals surface area contributed by atoms with Gasteiger partial charge in [-0.3, -0.25) is 0 Å². The summed E-state index contributed by atoms with van der Waals surface area (Å²) in [4.78, 5) is 0. The molecule has 0 aliphatic heterocycles. The van der Waals surface area contributed by atoms with Crippen LogP contribution in [0.3, 0.4) is 0 Å². The van der Waals surface area contributed by atoms with Crippen LogP contribution in [0.2, 0.25) is 19.6 Å². The van der Waals surface area contributed by atoms with Crippen molar-refractivity contribution < 1.29 is 31.3 Å². The molecule has 2 fully saturated rings. The largest absolute Gasteiger partial charge is 2.00 e. The van der Waals surface area contributed by atoms with Crippen LogP contribution in [0.5, 0.6) is 0 Å². The van der Waals surface area contributed by atoms with E-state index in [0.717, 1.165) is 12.2 Å². The van der Waals surface area contributed by atoms with Gasteiger partial charge in [0.15, 0.2) is 0 Å². The first-order chi connectivity index (χ1) is 11.3. The third-order valence-electron chi connectivity index (χ3n) is 3.26. The van der Waals surface area contributed by atoms with E-state index in [9.17, 15) is 5.11 Å². The standard InChI is InChI=1S/C11H24O2Si.2C5H5.Ti/c1-7-10(12)9(3)11(8-2)13-14(4,5)6;2*1-2-4-5-3-1;/h8-10,12H,7H2,1-6H3;2*1-5H;/q;;;+2/b11-8-;;;/t9-,10-;;;/m0.../s1. The van der Waals surface area contributed by atoms with Crippen molar-refractivity contribution in [3.63, 3.8) is 0 Å². The predicted molar refractivity (Wildman–Crippen MR) is 107 cm³/mol. The summed E-state index contributed by atoms with van der Waals surface area (Å²) in [5, 5.41) is 9.72. The molecular weight excluding hydrogens is 360 g/mol. The smallest absolute Gasteiger partial charge is 0.547 e. The van der Waals surface area contributed by atoms with E-state index in [2.05, 4.69) is 19.6 Å². The fraction of sp³-hybridized carbons (Fsp3) is 0.429. The predicted octanol–water partition coefficient (Wildman–Crippen LogP) is 5.19. The maximum atomic E-state index is 9.72. The van der Waals surface area contributed by atoms with Gasteiger partial charge in [0.25, 0.3) is 0 Å². The average Bonchev–Trinajstić information content (AvgIpc) is 3.27. The monoisotopic (exact) mass is 394 g/mol. The third-order valence-corrected chi connectivity index (χ3v) is 4.11. The van der Waals surface area contributed by atoms with Crippen LogP contribution >= 0.6 is 0 Å². The van der Waals surface area contributed by atoms with Crippen molar-refractivity contribution in [2.24, 2.45) is 5.92 Å². The topological polar surface area (TPSA) is 29.5 Å². The van der Waals surface area contributed by atoms with Gasteiger partial charge in [0, 0.05) is 5.92 Å². The van der Waals surface area contributed by atoms with Crippen LogP contribution in [-0.4, -0.2) is 19.5 Å². The Hall–Kier alpha value is 0.431. The first-order valence-electron chi connectivity index (χ1n) is 8.68. The maximum absolute atomic E-state index is 9.72. The number of rotatable bonds is 5. The Morgan fingerprint density at radius 1 is 0.920 bits per heavy atom. The second-order valence-electron chi connectivity index (χ2n) is 6.59. The molecule has 2 nitrogen and oxygen atoms in total. The Kier molecular flexibility index (Phi) is 18.4. The second-order valence-corrected chi connectivity index (χ2v) is 11.0. The van der Waals surface area contributed by atoms with Gasteiger partial charge in [-0.15, -0.1) is 0 Å². The molecule has 0 saturated heterocycles. The Labute approximate surface area is 174 Å². The van der Waals surface area contributed by atoms with Crippen molar-refractivity contribution in [3.8, 4) is 0 Å². The zero-order valence-corrected chi connectivity index (χ0v) is 19.1.